The van der Waals surface area contributed by atoms with Crippen LogP contribution in [0.2, 0.25) is 0 Å². The Morgan fingerprint density at radius 2 is 1.26 bits per heavy atom. The summed E-state index contributed by atoms with van der Waals surface area (Å²) >= 11 is 0. The molecular weight excluding hydrogens is 476 g/mol. The number of rotatable bonds is 8. The molecule has 1 atom stereocenters. The van der Waals surface area contributed by atoms with Crippen LogP contribution in [-0.4, -0.2) is 14.1 Å². The van der Waals surface area contributed by atoms with Gasteiger partial charge in [0.2, 0.25) is 0 Å². The third-order valence-electron chi connectivity index (χ3n) is 7.87. The fourth-order valence-electron chi connectivity index (χ4n) is 5.88. The Bertz CT molecular complexity index is 1570. The van der Waals surface area contributed by atoms with Gasteiger partial charge in [-0.25, -0.2) is 4.98 Å². The van der Waals surface area contributed by atoms with E-state index in [1.54, 1.807) is 0 Å². The first-order chi connectivity index (χ1) is 18.7. The van der Waals surface area contributed by atoms with Crippen LogP contribution in [0.15, 0.2) is 79.0 Å². The van der Waals surface area contributed by atoms with Crippen molar-refractivity contribution in [1.82, 2.24) is 14.1 Å². The Labute approximate surface area is 233 Å². The first-order valence-corrected chi connectivity index (χ1v) is 14.3. The number of fused-ring (bicyclic) bond motifs is 1. The maximum absolute atomic E-state index is 5.35. The van der Waals surface area contributed by atoms with Crippen LogP contribution in [0.3, 0.4) is 0 Å². The smallest absolute Gasteiger partial charge is 0.155 e. The molecule has 0 radical (unpaired) electrons. The highest BCUT2D eigenvalue weighted by molar-refractivity contribution is 5.82. The third-order valence-corrected chi connectivity index (χ3v) is 7.87. The first kappa shape index (κ1) is 26.8. The summed E-state index contributed by atoms with van der Waals surface area (Å²) in [7, 11) is 2.12. The normalized spacial score (nSPS) is 12.7. The number of aryl methyl sites for hydroxylation is 2. The summed E-state index contributed by atoms with van der Waals surface area (Å²) < 4.78 is 4.47. The van der Waals surface area contributed by atoms with Gasteiger partial charge >= 0.3 is 0 Å². The van der Waals surface area contributed by atoms with Crippen molar-refractivity contribution in [1.29, 1.82) is 0 Å². The Morgan fingerprint density at radius 3 is 1.90 bits per heavy atom. The summed E-state index contributed by atoms with van der Waals surface area (Å²) in [6.07, 6.45) is 2.17. The van der Waals surface area contributed by atoms with Crippen molar-refractivity contribution in [2.75, 3.05) is 5.32 Å². The van der Waals surface area contributed by atoms with Crippen molar-refractivity contribution in [3.8, 4) is 5.82 Å². The molecule has 3 aromatic carbocycles. The van der Waals surface area contributed by atoms with E-state index in [-0.39, 0.29) is 6.04 Å². The number of benzene rings is 3. The molecule has 2 aromatic heterocycles. The molecule has 202 valence electrons. The van der Waals surface area contributed by atoms with Gasteiger partial charge in [-0.3, -0.25) is 4.57 Å². The molecule has 0 aliphatic carbocycles. The summed E-state index contributed by atoms with van der Waals surface area (Å²) in [5, 5.41) is 5.30. The Morgan fingerprint density at radius 1 is 0.692 bits per heavy atom. The largest absolute Gasteiger partial charge is 0.371 e. The molecule has 5 aromatic rings. The quantitative estimate of drug-likeness (QED) is 0.222. The molecule has 0 bridgehead atoms. The molecule has 0 saturated heterocycles. The fraction of sp³-hybridized carbons (Fsp3) is 0.343. The highest BCUT2D eigenvalue weighted by Gasteiger charge is 2.27. The van der Waals surface area contributed by atoms with E-state index in [0.29, 0.717) is 17.8 Å². The van der Waals surface area contributed by atoms with Crippen molar-refractivity contribution in [3.05, 3.63) is 113 Å². The zero-order chi connectivity index (χ0) is 27.8. The lowest BCUT2D eigenvalue weighted by atomic mass is 9.89. The molecule has 0 fully saturated rings. The number of hydrogen-bond donors (Lipinski definition) is 1. The van der Waals surface area contributed by atoms with E-state index in [0.717, 1.165) is 11.6 Å². The minimum atomic E-state index is -0.109. The van der Waals surface area contributed by atoms with E-state index in [4.69, 9.17) is 4.98 Å². The summed E-state index contributed by atoms with van der Waals surface area (Å²) in [4.78, 5) is 5.35. The second-order valence-electron chi connectivity index (χ2n) is 11.7. The number of aromatic nitrogens is 3. The highest BCUT2D eigenvalue weighted by Crippen LogP contribution is 2.38. The van der Waals surface area contributed by atoms with Gasteiger partial charge in [-0.15, -0.1) is 0 Å². The van der Waals surface area contributed by atoms with Gasteiger partial charge in [-0.05, 0) is 59.1 Å². The Hall–Kier alpha value is -3.79. The molecule has 1 N–H and O–H groups in total. The lowest BCUT2D eigenvalue weighted by Crippen LogP contribution is -2.21. The van der Waals surface area contributed by atoms with Gasteiger partial charge in [0.25, 0.3) is 0 Å². The topological polar surface area (TPSA) is 34.8 Å². The number of imidazole rings is 1. The predicted molar refractivity (Wildman–Crippen MR) is 165 cm³/mol. The summed E-state index contributed by atoms with van der Waals surface area (Å²) in [6, 6.07) is 26.2. The van der Waals surface area contributed by atoms with Crippen LogP contribution >= 0.6 is 0 Å². The first-order valence-electron chi connectivity index (χ1n) is 14.3. The number of hydrogen-bond acceptors (Lipinski definition) is 2. The lowest BCUT2D eigenvalue weighted by Gasteiger charge is -2.28. The van der Waals surface area contributed by atoms with Crippen molar-refractivity contribution >= 4 is 16.6 Å². The van der Waals surface area contributed by atoms with Crippen LogP contribution < -0.4 is 5.32 Å². The van der Waals surface area contributed by atoms with E-state index in [1.165, 1.54) is 44.5 Å². The van der Waals surface area contributed by atoms with E-state index in [1.807, 2.05) is 0 Å². The number of anilines is 1. The van der Waals surface area contributed by atoms with Crippen LogP contribution in [0.5, 0.6) is 0 Å². The fourth-order valence-corrected chi connectivity index (χ4v) is 5.88. The number of nitrogens with one attached hydrogen (secondary N) is 1. The van der Waals surface area contributed by atoms with Crippen LogP contribution in [0, 0.1) is 6.92 Å². The van der Waals surface area contributed by atoms with Crippen molar-refractivity contribution in [3.63, 3.8) is 0 Å². The van der Waals surface area contributed by atoms with Gasteiger partial charge in [0.15, 0.2) is 5.82 Å². The molecule has 39 heavy (non-hydrogen) atoms. The second-order valence-corrected chi connectivity index (χ2v) is 11.7. The maximum Gasteiger partial charge on any atom is 0.155 e. The molecule has 0 aliphatic rings. The SMILES string of the molecule is Cc1cc2ccccc2n1-c1cn(C)c(C(Nc2c(C(C)C)cccc2C(C)C)c2ccccc2C(C)C)n1. The molecule has 0 spiro atoms. The summed E-state index contributed by atoms with van der Waals surface area (Å²) in [5.41, 5.74) is 8.90. The van der Waals surface area contributed by atoms with E-state index >= 15 is 0 Å². The minimum absolute atomic E-state index is 0.109. The Kier molecular flexibility index (Phi) is 7.40. The van der Waals surface area contributed by atoms with E-state index in [9.17, 15) is 0 Å². The molecule has 0 saturated carbocycles. The van der Waals surface area contributed by atoms with Crippen molar-refractivity contribution in [2.24, 2.45) is 7.05 Å². The standard InChI is InChI=1S/C35H42N4/c1-22(2)27-15-10-11-16-30(27)34(37-33-28(23(3)4)17-13-18-29(33)24(5)6)35-36-32(21-38(35)8)39-25(7)20-26-14-9-12-19-31(26)39/h9-24,34,37H,1-8H3. The van der Waals surface area contributed by atoms with Gasteiger partial charge in [-0.1, -0.05) is 102 Å². The van der Waals surface area contributed by atoms with Gasteiger partial charge in [0, 0.05) is 30.0 Å². The second kappa shape index (κ2) is 10.8. The third kappa shape index (κ3) is 5.01. The van der Waals surface area contributed by atoms with Crippen LogP contribution in [0.1, 0.15) is 99.1 Å². The molecule has 1 unspecified atom stereocenters. The monoisotopic (exact) mass is 518 g/mol. The van der Waals surface area contributed by atoms with E-state index in [2.05, 4.69) is 149 Å². The highest BCUT2D eigenvalue weighted by atomic mass is 15.2. The Balaban J connectivity index is 1.72. The average molecular weight is 519 g/mol. The van der Waals surface area contributed by atoms with Crippen LogP contribution in [-0.2, 0) is 7.05 Å². The van der Waals surface area contributed by atoms with Gasteiger partial charge in [0.05, 0.1) is 5.52 Å². The van der Waals surface area contributed by atoms with Crippen LogP contribution in [0.4, 0.5) is 5.69 Å². The van der Waals surface area contributed by atoms with Crippen LogP contribution in [0.25, 0.3) is 16.7 Å². The molecule has 4 nitrogen and oxygen atoms in total. The molecular formula is C35H42N4. The van der Waals surface area contributed by atoms with E-state index < -0.39 is 0 Å². The molecule has 0 aliphatic heterocycles. The zero-order valence-electron chi connectivity index (χ0n) is 24.7. The molecule has 4 heteroatoms. The van der Waals surface area contributed by atoms with Gasteiger partial charge in [-0.2, -0.15) is 0 Å². The van der Waals surface area contributed by atoms with Gasteiger partial charge < -0.3 is 9.88 Å². The summed E-state index contributed by atoms with van der Waals surface area (Å²) in [5.74, 6) is 3.15. The maximum atomic E-state index is 5.35. The molecule has 5 rings (SSSR count). The summed E-state index contributed by atoms with van der Waals surface area (Å²) in [6.45, 7) is 15.8. The van der Waals surface area contributed by atoms with Crippen molar-refractivity contribution in [2.45, 2.75) is 72.3 Å². The van der Waals surface area contributed by atoms with Crippen molar-refractivity contribution < 1.29 is 0 Å². The predicted octanol–water partition coefficient (Wildman–Crippen LogP) is 9.24. The number of nitrogens with zero attached hydrogens (tertiary/aromatic N) is 3. The molecule has 2 heterocycles. The number of para-hydroxylation sites is 2. The molecule has 0 amide bonds. The average Bonchev–Trinajstić information content (AvgIpc) is 3.45. The lowest BCUT2D eigenvalue weighted by molar-refractivity contribution is 0.723. The van der Waals surface area contributed by atoms with Gasteiger partial charge in [0.1, 0.15) is 11.9 Å². The minimum Gasteiger partial charge on any atom is -0.371 e. The zero-order valence-corrected chi connectivity index (χ0v) is 24.7.